The molecule has 0 aromatic rings. The summed E-state index contributed by atoms with van der Waals surface area (Å²) in [5.74, 6) is -1.05. The lowest BCUT2D eigenvalue weighted by atomic mass is 10.0. The summed E-state index contributed by atoms with van der Waals surface area (Å²) < 4.78 is 16.6. The Kier molecular flexibility index (Phi) is 42.1. The molecule has 0 bridgehead atoms. The Bertz CT molecular complexity index is 1080. The lowest BCUT2D eigenvalue weighted by Crippen LogP contribution is -2.30. The fraction of sp³-hybridized carbons (Fsp3) is 0.700. The molecule has 0 aromatic heterocycles. The van der Waals surface area contributed by atoms with E-state index in [0.717, 1.165) is 89.9 Å². The number of hydrogen-bond acceptors (Lipinski definition) is 6. The van der Waals surface area contributed by atoms with Gasteiger partial charge < -0.3 is 14.2 Å². The molecule has 6 nitrogen and oxygen atoms in total. The van der Waals surface area contributed by atoms with Crippen molar-refractivity contribution in [3.63, 3.8) is 0 Å². The van der Waals surface area contributed by atoms with E-state index in [4.69, 9.17) is 14.2 Å². The van der Waals surface area contributed by atoms with Gasteiger partial charge in [0.2, 0.25) is 0 Å². The van der Waals surface area contributed by atoms with Gasteiger partial charge in [-0.15, -0.1) is 0 Å². The number of hydrogen-bond donors (Lipinski definition) is 0. The van der Waals surface area contributed by atoms with Crippen molar-refractivity contribution in [2.45, 2.75) is 213 Å². The molecule has 0 fully saturated rings. The first-order valence-electron chi connectivity index (χ1n) is 22.9. The molecule has 0 radical (unpaired) electrons. The van der Waals surface area contributed by atoms with Gasteiger partial charge in [-0.05, 0) is 64.2 Å². The van der Waals surface area contributed by atoms with Gasteiger partial charge in [-0.25, -0.2) is 0 Å². The zero-order valence-corrected chi connectivity index (χ0v) is 36.4. The first kappa shape index (κ1) is 52.9. The SMILES string of the molecule is CC/C=C\C/C=C\C/C=C\CCCCCCCCC(=O)OCC(COC(=O)C/C=C\C/C=C\C/C=C\CC)OC(=O)CCCCCCCCCCCCCCC. The predicted octanol–water partition coefficient (Wildman–Crippen LogP) is 14.7. The van der Waals surface area contributed by atoms with Gasteiger partial charge >= 0.3 is 17.9 Å². The molecule has 1 atom stereocenters. The summed E-state index contributed by atoms with van der Waals surface area (Å²) in [6, 6.07) is 0. The van der Waals surface area contributed by atoms with Crippen LogP contribution in [0.5, 0.6) is 0 Å². The van der Waals surface area contributed by atoms with Crippen LogP contribution < -0.4 is 0 Å². The smallest absolute Gasteiger partial charge is 0.309 e. The third kappa shape index (κ3) is 42.0. The standard InChI is InChI=1S/C50H84O6/c1-4-7-10-13-16-19-21-23-24-25-27-28-31-34-37-40-43-49(52)55-46-47(45-54-48(51)42-39-36-33-30-18-15-12-9-6-3)56-50(53)44-41-38-35-32-29-26-22-20-17-14-11-8-5-2/h7,9-10,12,16,18-19,23-24,30,36,39,47H,4-6,8,11,13-15,17,20-22,25-29,31-35,37-38,40-46H2,1-3H3/b10-7-,12-9-,19-16-,24-23-,30-18-,39-36-. The molecule has 320 valence electrons. The maximum absolute atomic E-state index is 12.7. The number of esters is 3. The first-order valence-corrected chi connectivity index (χ1v) is 22.9. The second kappa shape index (κ2) is 44.6. The Morgan fingerprint density at radius 3 is 1.25 bits per heavy atom. The highest BCUT2D eigenvalue weighted by molar-refractivity contribution is 5.72. The van der Waals surface area contributed by atoms with E-state index in [1.54, 1.807) is 6.08 Å². The van der Waals surface area contributed by atoms with Gasteiger partial charge in [0.1, 0.15) is 13.2 Å². The van der Waals surface area contributed by atoms with Crippen molar-refractivity contribution in [3.8, 4) is 0 Å². The average molecular weight is 781 g/mol. The van der Waals surface area contributed by atoms with E-state index in [0.29, 0.717) is 12.8 Å². The van der Waals surface area contributed by atoms with Crippen LogP contribution in [0.4, 0.5) is 0 Å². The van der Waals surface area contributed by atoms with Crippen LogP contribution in [0.1, 0.15) is 207 Å². The molecule has 0 N–H and O–H groups in total. The molecule has 0 aliphatic rings. The van der Waals surface area contributed by atoms with E-state index in [2.05, 4.69) is 81.5 Å². The van der Waals surface area contributed by atoms with Gasteiger partial charge in [-0.2, -0.15) is 0 Å². The molecule has 0 aliphatic carbocycles. The summed E-state index contributed by atoms with van der Waals surface area (Å²) in [6.45, 7) is 6.28. The molecular formula is C50H84O6. The van der Waals surface area contributed by atoms with Gasteiger partial charge in [0, 0.05) is 12.8 Å². The summed E-state index contributed by atoms with van der Waals surface area (Å²) in [5.41, 5.74) is 0. The van der Waals surface area contributed by atoms with E-state index in [-0.39, 0.29) is 31.6 Å². The van der Waals surface area contributed by atoms with Crippen LogP contribution in [0.15, 0.2) is 72.9 Å². The molecule has 0 spiro atoms. The van der Waals surface area contributed by atoms with Crippen molar-refractivity contribution in [2.75, 3.05) is 13.2 Å². The second-order valence-corrected chi connectivity index (χ2v) is 14.9. The van der Waals surface area contributed by atoms with E-state index >= 15 is 0 Å². The maximum Gasteiger partial charge on any atom is 0.309 e. The van der Waals surface area contributed by atoms with Crippen LogP contribution in [-0.4, -0.2) is 37.2 Å². The lowest BCUT2D eigenvalue weighted by Gasteiger charge is -2.18. The van der Waals surface area contributed by atoms with Gasteiger partial charge in [-0.3, -0.25) is 14.4 Å². The van der Waals surface area contributed by atoms with Crippen molar-refractivity contribution in [2.24, 2.45) is 0 Å². The summed E-state index contributed by atoms with van der Waals surface area (Å²) in [4.78, 5) is 37.6. The molecule has 0 saturated heterocycles. The number of carbonyl (C=O) groups excluding carboxylic acids is 3. The van der Waals surface area contributed by atoms with E-state index < -0.39 is 12.1 Å². The third-order valence-corrected chi connectivity index (χ3v) is 9.49. The van der Waals surface area contributed by atoms with E-state index in [9.17, 15) is 14.4 Å². The highest BCUT2D eigenvalue weighted by Gasteiger charge is 2.19. The Morgan fingerprint density at radius 1 is 0.393 bits per heavy atom. The quantitative estimate of drug-likeness (QED) is 0.0267. The highest BCUT2D eigenvalue weighted by atomic mass is 16.6. The zero-order chi connectivity index (χ0) is 40.8. The second-order valence-electron chi connectivity index (χ2n) is 14.9. The zero-order valence-electron chi connectivity index (χ0n) is 36.4. The normalized spacial score (nSPS) is 12.7. The van der Waals surface area contributed by atoms with Gasteiger partial charge in [0.25, 0.3) is 0 Å². The molecule has 0 aromatic carbocycles. The fourth-order valence-electron chi connectivity index (χ4n) is 6.10. The van der Waals surface area contributed by atoms with E-state index in [1.807, 2.05) is 6.08 Å². The molecule has 0 saturated carbocycles. The Labute approximate surface area is 344 Å². The van der Waals surface area contributed by atoms with Crippen LogP contribution in [0.3, 0.4) is 0 Å². The van der Waals surface area contributed by atoms with Crippen molar-refractivity contribution in [1.82, 2.24) is 0 Å². The predicted molar refractivity (Wildman–Crippen MR) is 238 cm³/mol. The number of allylic oxidation sites excluding steroid dienone is 11. The summed E-state index contributed by atoms with van der Waals surface area (Å²) in [6.07, 6.45) is 54.9. The monoisotopic (exact) mass is 781 g/mol. The highest BCUT2D eigenvalue weighted by Crippen LogP contribution is 2.14. The molecule has 0 rings (SSSR count). The topological polar surface area (TPSA) is 78.9 Å². The van der Waals surface area contributed by atoms with Crippen LogP contribution in [0, 0.1) is 0 Å². The van der Waals surface area contributed by atoms with Crippen LogP contribution in [0.2, 0.25) is 0 Å². The van der Waals surface area contributed by atoms with Crippen molar-refractivity contribution in [3.05, 3.63) is 72.9 Å². The first-order chi connectivity index (χ1) is 27.5. The van der Waals surface area contributed by atoms with Crippen LogP contribution in [-0.2, 0) is 28.6 Å². The largest absolute Gasteiger partial charge is 0.462 e. The van der Waals surface area contributed by atoms with Crippen LogP contribution in [0.25, 0.3) is 0 Å². The number of unbranched alkanes of at least 4 members (excludes halogenated alkanes) is 18. The molecule has 56 heavy (non-hydrogen) atoms. The number of carbonyl (C=O) groups is 3. The molecule has 0 heterocycles. The minimum absolute atomic E-state index is 0.108. The third-order valence-electron chi connectivity index (χ3n) is 9.49. The Morgan fingerprint density at radius 2 is 0.768 bits per heavy atom. The van der Waals surface area contributed by atoms with Crippen molar-refractivity contribution >= 4 is 17.9 Å². The Hall–Kier alpha value is -3.15. The van der Waals surface area contributed by atoms with Crippen molar-refractivity contribution in [1.29, 1.82) is 0 Å². The molecule has 0 amide bonds. The van der Waals surface area contributed by atoms with E-state index in [1.165, 1.54) is 77.0 Å². The van der Waals surface area contributed by atoms with Gasteiger partial charge in [0.15, 0.2) is 6.10 Å². The molecular weight excluding hydrogens is 697 g/mol. The summed E-state index contributed by atoms with van der Waals surface area (Å²) >= 11 is 0. The average Bonchev–Trinajstić information content (AvgIpc) is 3.19. The summed E-state index contributed by atoms with van der Waals surface area (Å²) in [5, 5.41) is 0. The fourth-order valence-corrected chi connectivity index (χ4v) is 6.10. The minimum atomic E-state index is -0.812. The van der Waals surface area contributed by atoms with Gasteiger partial charge in [-0.1, -0.05) is 196 Å². The Balaban J connectivity index is 4.42. The molecule has 1 unspecified atom stereocenters. The maximum atomic E-state index is 12.7. The van der Waals surface area contributed by atoms with Crippen LogP contribution >= 0.6 is 0 Å². The lowest BCUT2D eigenvalue weighted by molar-refractivity contribution is -0.166. The van der Waals surface area contributed by atoms with Crippen molar-refractivity contribution < 1.29 is 28.6 Å². The molecule has 6 heteroatoms. The number of rotatable bonds is 40. The summed E-state index contributed by atoms with van der Waals surface area (Å²) in [7, 11) is 0. The molecule has 0 aliphatic heterocycles. The number of ether oxygens (including phenoxy) is 3. The minimum Gasteiger partial charge on any atom is -0.462 e. The van der Waals surface area contributed by atoms with Gasteiger partial charge in [0.05, 0.1) is 6.42 Å².